The van der Waals surface area contributed by atoms with E-state index < -0.39 is 4.92 Å². The monoisotopic (exact) mass is 293 g/mol. The van der Waals surface area contributed by atoms with Crippen LogP contribution in [-0.2, 0) is 0 Å². The first-order valence-corrected chi connectivity index (χ1v) is 7.00. The first kappa shape index (κ1) is 16.9. The summed E-state index contributed by atoms with van der Waals surface area (Å²) in [6, 6.07) is 4.54. The molecule has 0 aliphatic rings. The first-order valence-electron chi connectivity index (χ1n) is 7.00. The van der Waals surface area contributed by atoms with E-state index in [0.717, 1.165) is 0 Å². The zero-order valence-electron chi connectivity index (χ0n) is 13.2. The average Bonchev–Trinajstić information content (AvgIpc) is 2.37. The van der Waals surface area contributed by atoms with Crippen LogP contribution in [0.25, 0.3) is 0 Å². The molecule has 21 heavy (non-hydrogen) atoms. The van der Waals surface area contributed by atoms with E-state index in [0.29, 0.717) is 12.2 Å². The first-order chi connectivity index (χ1) is 9.66. The maximum Gasteiger partial charge on any atom is 0.293 e. The van der Waals surface area contributed by atoms with Crippen molar-refractivity contribution in [1.29, 1.82) is 0 Å². The summed E-state index contributed by atoms with van der Waals surface area (Å²) in [4.78, 5) is 22.5. The van der Waals surface area contributed by atoms with Gasteiger partial charge in [-0.2, -0.15) is 0 Å². The van der Waals surface area contributed by atoms with Crippen LogP contribution in [0.15, 0.2) is 18.2 Å². The van der Waals surface area contributed by atoms with Gasteiger partial charge in [0.25, 0.3) is 11.6 Å². The average molecular weight is 293 g/mol. The predicted octanol–water partition coefficient (Wildman–Crippen LogP) is 3.19. The molecule has 2 N–H and O–H groups in total. The quantitative estimate of drug-likeness (QED) is 0.645. The molecular formula is C15H23N3O3. The van der Waals surface area contributed by atoms with E-state index in [1.165, 1.54) is 6.07 Å². The smallest absolute Gasteiger partial charge is 0.293 e. The van der Waals surface area contributed by atoms with Gasteiger partial charge in [-0.25, -0.2) is 0 Å². The number of hydrogen-bond acceptors (Lipinski definition) is 4. The molecule has 0 spiro atoms. The minimum atomic E-state index is -0.472. The molecule has 1 aromatic rings. The van der Waals surface area contributed by atoms with E-state index in [1.807, 2.05) is 6.92 Å². The molecule has 1 unspecified atom stereocenters. The summed E-state index contributed by atoms with van der Waals surface area (Å²) in [6.07, 6.45) is 0. The number of nitrogens with one attached hydrogen (secondary N) is 2. The van der Waals surface area contributed by atoms with Crippen LogP contribution in [-0.4, -0.2) is 23.4 Å². The fraction of sp³-hybridized carbons (Fsp3) is 0.533. The summed E-state index contributed by atoms with van der Waals surface area (Å²) in [5, 5.41) is 17.0. The Balaban J connectivity index is 3.11. The molecule has 0 bridgehead atoms. The second-order valence-corrected chi connectivity index (χ2v) is 6.08. The molecule has 1 rings (SSSR count). The minimum Gasteiger partial charge on any atom is -0.377 e. The fourth-order valence-electron chi connectivity index (χ4n) is 1.66. The van der Waals surface area contributed by atoms with Crippen molar-refractivity contribution in [3.8, 4) is 0 Å². The number of hydrogen-bond donors (Lipinski definition) is 2. The normalized spacial score (nSPS) is 12.6. The van der Waals surface area contributed by atoms with Gasteiger partial charge in [0.05, 0.1) is 4.92 Å². The maximum atomic E-state index is 11.8. The molecule has 0 aliphatic heterocycles. The van der Waals surface area contributed by atoms with E-state index in [-0.39, 0.29) is 28.6 Å². The Kier molecular flexibility index (Phi) is 5.29. The van der Waals surface area contributed by atoms with E-state index in [2.05, 4.69) is 31.4 Å². The molecule has 0 saturated heterocycles. The van der Waals surface area contributed by atoms with Gasteiger partial charge < -0.3 is 10.6 Å². The maximum absolute atomic E-state index is 11.8. The van der Waals surface area contributed by atoms with Gasteiger partial charge in [-0.1, -0.05) is 20.8 Å². The zero-order chi connectivity index (χ0) is 16.2. The number of rotatable bonds is 5. The lowest BCUT2D eigenvalue weighted by Crippen LogP contribution is -2.31. The van der Waals surface area contributed by atoms with Crippen molar-refractivity contribution in [2.24, 2.45) is 5.41 Å². The number of nitro groups is 1. The van der Waals surface area contributed by atoms with Crippen molar-refractivity contribution in [3.05, 3.63) is 33.9 Å². The van der Waals surface area contributed by atoms with E-state index in [4.69, 9.17) is 0 Å². The highest BCUT2D eigenvalue weighted by atomic mass is 16.6. The third-order valence-electron chi connectivity index (χ3n) is 3.46. The second kappa shape index (κ2) is 6.56. The molecule has 116 valence electrons. The second-order valence-electron chi connectivity index (χ2n) is 6.08. The van der Waals surface area contributed by atoms with Crippen LogP contribution in [0, 0.1) is 15.5 Å². The number of amides is 1. The van der Waals surface area contributed by atoms with Gasteiger partial charge in [0, 0.05) is 24.2 Å². The van der Waals surface area contributed by atoms with Crippen molar-refractivity contribution in [2.45, 2.75) is 40.7 Å². The lowest BCUT2D eigenvalue weighted by atomic mass is 9.88. The minimum absolute atomic E-state index is 0.0356. The fourth-order valence-corrected chi connectivity index (χ4v) is 1.66. The lowest BCUT2D eigenvalue weighted by Gasteiger charge is -2.28. The molecule has 0 aromatic heterocycles. The summed E-state index contributed by atoms with van der Waals surface area (Å²) < 4.78 is 0. The van der Waals surface area contributed by atoms with Crippen molar-refractivity contribution >= 4 is 17.3 Å². The number of carbonyl (C=O) groups excluding carboxylic acids is 1. The van der Waals surface area contributed by atoms with Crippen LogP contribution in [0.4, 0.5) is 11.4 Å². The standard InChI is InChI=1S/C15H23N3O3/c1-6-16-14(19)11-7-8-12(13(9-11)18(20)21)17-10(2)15(3,4)5/h7-10,17H,6H2,1-5H3,(H,16,19). The largest absolute Gasteiger partial charge is 0.377 e. The van der Waals surface area contributed by atoms with Crippen LogP contribution < -0.4 is 10.6 Å². The van der Waals surface area contributed by atoms with Crippen LogP contribution >= 0.6 is 0 Å². The Hall–Kier alpha value is -2.11. The number of nitro benzene ring substituents is 1. The van der Waals surface area contributed by atoms with Gasteiger partial charge in [-0.15, -0.1) is 0 Å². The molecule has 0 heterocycles. The predicted molar refractivity (Wildman–Crippen MR) is 83.6 cm³/mol. The van der Waals surface area contributed by atoms with Gasteiger partial charge in [0.1, 0.15) is 5.69 Å². The molecule has 0 saturated carbocycles. The molecule has 1 amide bonds. The molecule has 6 nitrogen and oxygen atoms in total. The topological polar surface area (TPSA) is 84.3 Å². The van der Waals surface area contributed by atoms with Gasteiger partial charge >= 0.3 is 0 Å². The van der Waals surface area contributed by atoms with Crippen molar-refractivity contribution < 1.29 is 9.72 Å². The highest BCUT2D eigenvalue weighted by molar-refractivity contribution is 5.95. The lowest BCUT2D eigenvalue weighted by molar-refractivity contribution is -0.384. The summed E-state index contributed by atoms with van der Waals surface area (Å²) in [5.41, 5.74) is 0.592. The highest BCUT2D eigenvalue weighted by Gasteiger charge is 2.24. The zero-order valence-corrected chi connectivity index (χ0v) is 13.2. The molecule has 0 aliphatic carbocycles. The summed E-state index contributed by atoms with van der Waals surface area (Å²) in [7, 11) is 0. The summed E-state index contributed by atoms with van der Waals surface area (Å²) in [5.74, 6) is -0.309. The number of benzene rings is 1. The van der Waals surface area contributed by atoms with Gasteiger partial charge in [-0.05, 0) is 31.4 Å². The van der Waals surface area contributed by atoms with Gasteiger partial charge in [-0.3, -0.25) is 14.9 Å². The third-order valence-corrected chi connectivity index (χ3v) is 3.46. The molecule has 0 radical (unpaired) electrons. The van der Waals surface area contributed by atoms with Crippen molar-refractivity contribution in [1.82, 2.24) is 5.32 Å². The Morgan fingerprint density at radius 1 is 1.38 bits per heavy atom. The SMILES string of the molecule is CCNC(=O)c1ccc(NC(C)C(C)(C)C)c([N+](=O)[O-])c1. The van der Waals surface area contributed by atoms with Crippen LogP contribution in [0.3, 0.4) is 0 Å². The number of carbonyl (C=O) groups is 1. The molecule has 1 aromatic carbocycles. The molecule has 1 atom stereocenters. The number of nitrogens with zero attached hydrogens (tertiary/aromatic N) is 1. The summed E-state index contributed by atoms with van der Waals surface area (Å²) in [6.45, 7) is 10.4. The van der Waals surface area contributed by atoms with Crippen molar-refractivity contribution in [2.75, 3.05) is 11.9 Å². The van der Waals surface area contributed by atoms with Gasteiger partial charge in [0.2, 0.25) is 0 Å². The molecule has 0 fully saturated rings. The molecule has 6 heteroatoms. The number of anilines is 1. The van der Waals surface area contributed by atoms with Crippen LogP contribution in [0.5, 0.6) is 0 Å². The Bertz CT molecular complexity index is 535. The highest BCUT2D eigenvalue weighted by Crippen LogP contribution is 2.29. The van der Waals surface area contributed by atoms with E-state index >= 15 is 0 Å². The van der Waals surface area contributed by atoms with Gasteiger partial charge in [0.15, 0.2) is 0 Å². The summed E-state index contributed by atoms with van der Waals surface area (Å²) >= 11 is 0. The van der Waals surface area contributed by atoms with Crippen LogP contribution in [0.1, 0.15) is 45.0 Å². The van der Waals surface area contributed by atoms with Crippen molar-refractivity contribution in [3.63, 3.8) is 0 Å². The van der Waals surface area contributed by atoms with E-state index in [1.54, 1.807) is 19.1 Å². The van der Waals surface area contributed by atoms with E-state index in [9.17, 15) is 14.9 Å². The third kappa shape index (κ3) is 4.44. The Labute approximate surface area is 125 Å². The molecular weight excluding hydrogens is 270 g/mol. The van der Waals surface area contributed by atoms with Crippen LogP contribution in [0.2, 0.25) is 0 Å². The Morgan fingerprint density at radius 3 is 2.48 bits per heavy atom. The Morgan fingerprint density at radius 2 is 2.00 bits per heavy atom.